The maximum absolute atomic E-state index is 12.0. The number of benzene rings is 2. The Balaban J connectivity index is 1.76. The molecule has 2 aromatic carbocycles. The summed E-state index contributed by atoms with van der Waals surface area (Å²) in [6, 6.07) is 20.8. The second kappa shape index (κ2) is 9.83. The molecular formula is C21H26O2. The average molecular weight is 310 g/mol. The van der Waals surface area contributed by atoms with Crippen LogP contribution in [0.4, 0.5) is 0 Å². The molecule has 0 aliphatic heterocycles. The fourth-order valence-electron chi connectivity index (χ4n) is 2.90. The molecule has 1 atom stereocenters. The molecule has 2 aromatic rings. The number of carbonyl (C=O) groups is 1. The number of rotatable bonds is 9. The van der Waals surface area contributed by atoms with E-state index in [4.69, 9.17) is 4.74 Å². The van der Waals surface area contributed by atoms with E-state index < -0.39 is 0 Å². The topological polar surface area (TPSA) is 26.3 Å². The van der Waals surface area contributed by atoms with E-state index in [1.807, 2.05) is 24.3 Å². The third kappa shape index (κ3) is 6.27. The van der Waals surface area contributed by atoms with Crippen molar-refractivity contribution < 1.29 is 9.53 Å². The second-order valence-electron chi connectivity index (χ2n) is 5.98. The number of ether oxygens (including phenoxy) is 1. The summed E-state index contributed by atoms with van der Waals surface area (Å²) in [5.74, 6) is -0.0587. The number of unbranched alkanes of at least 4 members (excludes halogenated alkanes) is 1. The minimum atomic E-state index is -0.0688. The molecular weight excluding hydrogens is 284 g/mol. The van der Waals surface area contributed by atoms with Crippen LogP contribution in [0.3, 0.4) is 0 Å². The van der Waals surface area contributed by atoms with Crippen LogP contribution in [0, 0.1) is 5.92 Å². The first-order valence-electron chi connectivity index (χ1n) is 8.45. The van der Waals surface area contributed by atoms with E-state index in [-0.39, 0.29) is 11.9 Å². The van der Waals surface area contributed by atoms with E-state index in [0.717, 1.165) is 38.5 Å². The number of hydrogen-bond acceptors (Lipinski definition) is 2. The van der Waals surface area contributed by atoms with Crippen molar-refractivity contribution in [3.63, 3.8) is 0 Å². The zero-order valence-electron chi connectivity index (χ0n) is 13.9. The van der Waals surface area contributed by atoms with E-state index in [2.05, 4.69) is 36.4 Å². The number of aryl methyl sites for hydroxylation is 2. The first-order valence-corrected chi connectivity index (χ1v) is 8.45. The van der Waals surface area contributed by atoms with E-state index in [1.54, 1.807) is 0 Å². The van der Waals surface area contributed by atoms with Crippen LogP contribution in [-0.2, 0) is 22.4 Å². The van der Waals surface area contributed by atoms with Gasteiger partial charge in [-0.25, -0.2) is 0 Å². The van der Waals surface area contributed by atoms with Gasteiger partial charge < -0.3 is 4.74 Å². The summed E-state index contributed by atoms with van der Waals surface area (Å²) in [7, 11) is 1.49. The molecule has 2 heteroatoms. The van der Waals surface area contributed by atoms with Crippen LogP contribution in [-0.4, -0.2) is 13.1 Å². The van der Waals surface area contributed by atoms with Crippen molar-refractivity contribution in [2.24, 2.45) is 5.92 Å². The van der Waals surface area contributed by atoms with Gasteiger partial charge in [-0.3, -0.25) is 4.79 Å². The monoisotopic (exact) mass is 310 g/mol. The van der Waals surface area contributed by atoms with Gasteiger partial charge in [-0.15, -0.1) is 0 Å². The normalized spacial score (nSPS) is 11.9. The van der Waals surface area contributed by atoms with Gasteiger partial charge in [-0.2, -0.15) is 0 Å². The predicted molar refractivity (Wildman–Crippen MR) is 94.3 cm³/mol. The van der Waals surface area contributed by atoms with Gasteiger partial charge in [0.1, 0.15) is 0 Å². The Morgan fingerprint density at radius 2 is 1.39 bits per heavy atom. The Kier molecular flexibility index (Phi) is 7.38. The number of hydrogen-bond donors (Lipinski definition) is 0. The van der Waals surface area contributed by atoms with Crippen molar-refractivity contribution in [1.29, 1.82) is 0 Å². The van der Waals surface area contributed by atoms with Gasteiger partial charge >= 0.3 is 5.97 Å². The highest BCUT2D eigenvalue weighted by molar-refractivity contribution is 5.72. The maximum atomic E-state index is 12.0. The lowest BCUT2D eigenvalue weighted by atomic mass is 9.93. The van der Waals surface area contributed by atoms with Crippen LogP contribution < -0.4 is 0 Å². The molecule has 23 heavy (non-hydrogen) atoms. The zero-order valence-corrected chi connectivity index (χ0v) is 13.9. The third-order valence-electron chi connectivity index (χ3n) is 4.27. The van der Waals surface area contributed by atoms with E-state index in [1.165, 1.54) is 18.2 Å². The highest BCUT2D eigenvalue weighted by Crippen LogP contribution is 2.19. The van der Waals surface area contributed by atoms with Gasteiger partial charge in [0.25, 0.3) is 0 Å². The second-order valence-corrected chi connectivity index (χ2v) is 5.98. The lowest BCUT2D eigenvalue weighted by molar-refractivity contribution is -0.145. The minimum absolute atomic E-state index is 0.0102. The molecule has 0 spiro atoms. The fraction of sp³-hybridized carbons (Fsp3) is 0.381. The van der Waals surface area contributed by atoms with Crippen molar-refractivity contribution in [3.05, 3.63) is 71.8 Å². The van der Waals surface area contributed by atoms with Crippen molar-refractivity contribution in [2.45, 2.75) is 38.5 Å². The van der Waals surface area contributed by atoms with Crippen LogP contribution in [0.25, 0.3) is 0 Å². The van der Waals surface area contributed by atoms with Gasteiger partial charge in [0.2, 0.25) is 0 Å². The summed E-state index contributed by atoms with van der Waals surface area (Å²) in [5.41, 5.74) is 2.65. The number of carbonyl (C=O) groups excluding carboxylic acids is 1. The van der Waals surface area contributed by atoms with Crippen LogP contribution in [0.1, 0.15) is 36.8 Å². The molecule has 0 aliphatic carbocycles. The van der Waals surface area contributed by atoms with Crippen LogP contribution >= 0.6 is 0 Å². The van der Waals surface area contributed by atoms with Crippen molar-refractivity contribution >= 4 is 5.97 Å². The molecule has 122 valence electrons. The van der Waals surface area contributed by atoms with Gasteiger partial charge in [0, 0.05) is 0 Å². The van der Waals surface area contributed by atoms with E-state index in [0.29, 0.717) is 0 Å². The molecule has 0 radical (unpaired) electrons. The Morgan fingerprint density at radius 1 is 0.826 bits per heavy atom. The lowest BCUT2D eigenvalue weighted by Gasteiger charge is -2.14. The van der Waals surface area contributed by atoms with Gasteiger partial charge in [0.15, 0.2) is 0 Å². The smallest absolute Gasteiger partial charge is 0.308 e. The largest absolute Gasteiger partial charge is 0.469 e. The molecule has 0 aliphatic rings. The number of esters is 1. The summed E-state index contributed by atoms with van der Waals surface area (Å²) in [6.45, 7) is 0. The summed E-state index contributed by atoms with van der Waals surface area (Å²) in [4.78, 5) is 12.0. The first kappa shape index (κ1) is 17.3. The van der Waals surface area contributed by atoms with Gasteiger partial charge in [-0.1, -0.05) is 67.1 Å². The zero-order chi connectivity index (χ0) is 16.3. The van der Waals surface area contributed by atoms with Crippen molar-refractivity contribution in [1.82, 2.24) is 0 Å². The molecule has 0 heterocycles. The third-order valence-corrected chi connectivity index (χ3v) is 4.27. The molecule has 0 saturated carbocycles. The summed E-state index contributed by atoms with van der Waals surface area (Å²) in [6.07, 6.45) is 5.95. The molecule has 0 saturated heterocycles. The van der Waals surface area contributed by atoms with Crippen LogP contribution in [0.5, 0.6) is 0 Å². The van der Waals surface area contributed by atoms with E-state index in [9.17, 15) is 4.79 Å². The minimum Gasteiger partial charge on any atom is -0.469 e. The quantitative estimate of drug-likeness (QED) is 0.490. The molecule has 0 fully saturated rings. The van der Waals surface area contributed by atoms with Crippen molar-refractivity contribution in [3.8, 4) is 0 Å². The Morgan fingerprint density at radius 3 is 1.96 bits per heavy atom. The lowest BCUT2D eigenvalue weighted by Crippen LogP contribution is -2.17. The Hall–Kier alpha value is -2.09. The SMILES string of the molecule is COC(=O)C(CCCCc1ccccc1)CCc1ccccc1. The molecule has 0 bridgehead atoms. The molecule has 0 aromatic heterocycles. The molecule has 1 unspecified atom stereocenters. The maximum Gasteiger partial charge on any atom is 0.308 e. The Bertz CT molecular complexity index is 563. The fourth-order valence-corrected chi connectivity index (χ4v) is 2.90. The van der Waals surface area contributed by atoms with Gasteiger partial charge in [0.05, 0.1) is 13.0 Å². The molecule has 2 nitrogen and oxygen atoms in total. The highest BCUT2D eigenvalue weighted by Gasteiger charge is 2.18. The Labute approximate surface area is 139 Å². The van der Waals surface area contributed by atoms with Crippen molar-refractivity contribution in [2.75, 3.05) is 7.11 Å². The first-order chi connectivity index (χ1) is 11.3. The summed E-state index contributed by atoms with van der Waals surface area (Å²) in [5, 5.41) is 0. The highest BCUT2D eigenvalue weighted by atomic mass is 16.5. The molecule has 0 N–H and O–H groups in total. The summed E-state index contributed by atoms with van der Waals surface area (Å²) < 4.78 is 4.98. The standard InChI is InChI=1S/C21H26O2/c1-23-21(22)20(17-16-19-12-6-3-7-13-19)15-9-8-14-18-10-4-2-5-11-18/h2-7,10-13,20H,8-9,14-17H2,1H3. The van der Waals surface area contributed by atoms with Gasteiger partial charge in [-0.05, 0) is 43.2 Å². The van der Waals surface area contributed by atoms with Crippen LogP contribution in [0.2, 0.25) is 0 Å². The van der Waals surface area contributed by atoms with E-state index >= 15 is 0 Å². The average Bonchev–Trinajstić information content (AvgIpc) is 2.62. The predicted octanol–water partition coefficient (Wildman–Crippen LogP) is 4.82. The number of methoxy groups -OCH3 is 1. The molecule has 2 rings (SSSR count). The molecule has 0 amide bonds. The van der Waals surface area contributed by atoms with Crippen LogP contribution in [0.15, 0.2) is 60.7 Å². The summed E-state index contributed by atoms with van der Waals surface area (Å²) >= 11 is 0.